The van der Waals surface area contributed by atoms with E-state index in [0.717, 1.165) is 23.7 Å². The minimum Gasteiger partial charge on any atom is -0.385 e. The van der Waals surface area contributed by atoms with Gasteiger partial charge in [-0.3, -0.25) is 4.79 Å². The normalized spacial score (nSPS) is 15.7. The molecule has 0 aromatic heterocycles. The maximum atomic E-state index is 11.9. The first kappa shape index (κ1) is 13.9. The van der Waals surface area contributed by atoms with Gasteiger partial charge >= 0.3 is 0 Å². The Morgan fingerprint density at radius 1 is 1.32 bits per heavy atom. The van der Waals surface area contributed by atoms with Gasteiger partial charge in [-0.15, -0.1) is 0 Å². The van der Waals surface area contributed by atoms with E-state index in [4.69, 9.17) is 0 Å². The van der Waals surface area contributed by atoms with Gasteiger partial charge in [0.05, 0.1) is 0 Å². The number of benzene rings is 1. The number of anilines is 1. The Bertz CT molecular complexity index is 423. The van der Waals surface area contributed by atoms with E-state index in [2.05, 4.69) is 10.6 Å². The number of carbonyl (C=O) groups excluding carboxylic acids is 1. The predicted octanol–water partition coefficient (Wildman–Crippen LogP) is 3.43. The third-order valence-corrected chi connectivity index (χ3v) is 3.61. The summed E-state index contributed by atoms with van der Waals surface area (Å²) in [6.45, 7) is 4.97. The van der Waals surface area contributed by atoms with E-state index in [1.807, 2.05) is 38.1 Å². The second-order valence-electron chi connectivity index (χ2n) is 5.74. The van der Waals surface area contributed by atoms with Crippen LogP contribution in [0.4, 0.5) is 5.69 Å². The van der Waals surface area contributed by atoms with E-state index in [-0.39, 0.29) is 11.9 Å². The molecule has 1 aromatic carbocycles. The van der Waals surface area contributed by atoms with Crippen molar-refractivity contribution in [2.45, 2.75) is 45.6 Å². The summed E-state index contributed by atoms with van der Waals surface area (Å²) in [7, 11) is 0. The van der Waals surface area contributed by atoms with Crippen LogP contribution in [0.1, 0.15) is 49.9 Å². The molecule has 3 heteroatoms. The molecule has 1 aliphatic carbocycles. The lowest BCUT2D eigenvalue weighted by molar-refractivity contribution is 0.0943. The van der Waals surface area contributed by atoms with Crippen LogP contribution in [0.5, 0.6) is 0 Å². The highest BCUT2D eigenvalue weighted by atomic mass is 16.1. The van der Waals surface area contributed by atoms with Gasteiger partial charge in [0.1, 0.15) is 0 Å². The average Bonchev–Trinajstić information content (AvgIpc) is 2.89. The molecule has 3 nitrogen and oxygen atoms in total. The lowest BCUT2D eigenvalue weighted by Gasteiger charge is -2.13. The second kappa shape index (κ2) is 6.60. The Morgan fingerprint density at radius 3 is 2.74 bits per heavy atom. The minimum absolute atomic E-state index is 0.000448. The highest BCUT2D eigenvalue weighted by Gasteiger charge is 2.14. The van der Waals surface area contributed by atoms with Crippen LogP contribution in [0.2, 0.25) is 0 Å². The molecule has 2 rings (SSSR count). The topological polar surface area (TPSA) is 41.1 Å². The zero-order valence-electron chi connectivity index (χ0n) is 11.9. The fourth-order valence-corrected chi connectivity index (χ4v) is 2.59. The van der Waals surface area contributed by atoms with Crippen molar-refractivity contribution < 1.29 is 4.79 Å². The number of carbonyl (C=O) groups is 1. The van der Waals surface area contributed by atoms with Gasteiger partial charge in [-0.05, 0) is 50.8 Å². The first-order chi connectivity index (χ1) is 9.15. The van der Waals surface area contributed by atoms with Crippen LogP contribution in [0.25, 0.3) is 0 Å². The third kappa shape index (κ3) is 4.27. The number of hydrogen-bond acceptors (Lipinski definition) is 2. The van der Waals surface area contributed by atoms with Crippen LogP contribution >= 0.6 is 0 Å². The molecule has 0 heterocycles. The smallest absolute Gasteiger partial charge is 0.251 e. The van der Waals surface area contributed by atoms with Crippen LogP contribution in [0.15, 0.2) is 24.3 Å². The van der Waals surface area contributed by atoms with E-state index < -0.39 is 0 Å². The highest BCUT2D eigenvalue weighted by molar-refractivity contribution is 5.95. The zero-order valence-corrected chi connectivity index (χ0v) is 11.9. The summed E-state index contributed by atoms with van der Waals surface area (Å²) in [6, 6.07) is 7.93. The quantitative estimate of drug-likeness (QED) is 0.851. The van der Waals surface area contributed by atoms with E-state index in [1.165, 1.54) is 25.7 Å². The van der Waals surface area contributed by atoms with Crippen LogP contribution in [0.3, 0.4) is 0 Å². The molecular formula is C16H24N2O. The number of hydrogen-bond donors (Lipinski definition) is 2. The van der Waals surface area contributed by atoms with Gasteiger partial charge in [0.2, 0.25) is 0 Å². The first-order valence-electron chi connectivity index (χ1n) is 7.30. The molecule has 1 aliphatic rings. The van der Waals surface area contributed by atoms with Crippen molar-refractivity contribution in [2.75, 3.05) is 11.9 Å². The SMILES string of the molecule is CC(C)NC(=O)c1cccc(NCC2CCCC2)c1. The van der Waals surface area contributed by atoms with Crippen molar-refractivity contribution in [2.24, 2.45) is 5.92 Å². The van der Waals surface area contributed by atoms with Gasteiger partial charge in [0.25, 0.3) is 5.91 Å². The van der Waals surface area contributed by atoms with Crippen LogP contribution in [0, 0.1) is 5.92 Å². The number of rotatable bonds is 5. The molecule has 0 saturated heterocycles. The minimum atomic E-state index is -0.000448. The zero-order chi connectivity index (χ0) is 13.7. The summed E-state index contributed by atoms with van der Waals surface area (Å²) in [6.07, 6.45) is 5.40. The van der Waals surface area contributed by atoms with Crippen molar-refractivity contribution in [1.82, 2.24) is 5.32 Å². The van der Waals surface area contributed by atoms with Gasteiger partial charge in [-0.25, -0.2) is 0 Å². The molecule has 19 heavy (non-hydrogen) atoms. The highest BCUT2D eigenvalue weighted by Crippen LogP contribution is 2.25. The maximum Gasteiger partial charge on any atom is 0.251 e. The maximum absolute atomic E-state index is 11.9. The summed E-state index contributed by atoms with van der Waals surface area (Å²) in [5.74, 6) is 0.799. The van der Waals surface area contributed by atoms with Crippen molar-refractivity contribution in [3.05, 3.63) is 29.8 Å². The Morgan fingerprint density at radius 2 is 2.05 bits per heavy atom. The van der Waals surface area contributed by atoms with Crippen molar-refractivity contribution in [3.8, 4) is 0 Å². The third-order valence-electron chi connectivity index (χ3n) is 3.61. The molecule has 0 atom stereocenters. The largest absolute Gasteiger partial charge is 0.385 e. The van der Waals surface area contributed by atoms with Gasteiger partial charge in [-0.1, -0.05) is 18.9 Å². The summed E-state index contributed by atoms with van der Waals surface area (Å²) in [4.78, 5) is 11.9. The first-order valence-corrected chi connectivity index (χ1v) is 7.30. The summed E-state index contributed by atoms with van der Waals surface area (Å²) in [5, 5.41) is 6.37. The molecule has 0 unspecified atom stereocenters. The average molecular weight is 260 g/mol. The molecule has 104 valence electrons. The van der Waals surface area contributed by atoms with E-state index in [1.54, 1.807) is 0 Å². The molecule has 1 amide bonds. The lowest BCUT2D eigenvalue weighted by Crippen LogP contribution is -2.30. The van der Waals surface area contributed by atoms with Crippen molar-refractivity contribution in [3.63, 3.8) is 0 Å². The molecule has 1 fully saturated rings. The Hall–Kier alpha value is -1.51. The van der Waals surface area contributed by atoms with E-state index in [9.17, 15) is 4.79 Å². The Kier molecular flexibility index (Phi) is 4.83. The molecule has 0 aliphatic heterocycles. The van der Waals surface area contributed by atoms with E-state index >= 15 is 0 Å². The van der Waals surface area contributed by atoms with Gasteiger partial charge < -0.3 is 10.6 Å². The molecule has 0 radical (unpaired) electrons. The molecule has 0 bridgehead atoms. The van der Waals surface area contributed by atoms with Crippen molar-refractivity contribution >= 4 is 11.6 Å². The fraction of sp³-hybridized carbons (Fsp3) is 0.562. The Balaban J connectivity index is 1.92. The van der Waals surface area contributed by atoms with Gasteiger partial charge in [-0.2, -0.15) is 0 Å². The standard InChI is InChI=1S/C16H24N2O/c1-12(2)18-16(19)14-8-5-9-15(10-14)17-11-13-6-3-4-7-13/h5,8-10,12-13,17H,3-4,6-7,11H2,1-2H3,(H,18,19). The van der Waals surface area contributed by atoms with E-state index in [0.29, 0.717) is 0 Å². The van der Waals surface area contributed by atoms with Crippen molar-refractivity contribution in [1.29, 1.82) is 0 Å². The second-order valence-corrected chi connectivity index (χ2v) is 5.74. The molecule has 1 saturated carbocycles. The predicted molar refractivity (Wildman–Crippen MR) is 79.5 cm³/mol. The molecular weight excluding hydrogens is 236 g/mol. The monoisotopic (exact) mass is 260 g/mol. The lowest BCUT2D eigenvalue weighted by atomic mass is 10.1. The molecule has 0 spiro atoms. The number of amides is 1. The summed E-state index contributed by atoms with van der Waals surface area (Å²) < 4.78 is 0. The number of nitrogens with one attached hydrogen (secondary N) is 2. The summed E-state index contributed by atoms with van der Waals surface area (Å²) in [5.41, 5.74) is 1.77. The van der Waals surface area contributed by atoms with Crippen LogP contribution in [-0.4, -0.2) is 18.5 Å². The van der Waals surface area contributed by atoms with Gasteiger partial charge in [0.15, 0.2) is 0 Å². The fourth-order valence-electron chi connectivity index (χ4n) is 2.59. The van der Waals surface area contributed by atoms with Gasteiger partial charge in [0, 0.05) is 23.8 Å². The van der Waals surface area contributed by atoms with Crippen LogP contribution in [-0.2, 0) is 0 Å². The molecule has 2 N–H and O–H groups in total. The summed E-state index contributed by atoms with van der Waals surface area (Å²) >= 11 is 0. The van der Waals surface area contributed by atoms with Crippen LogP contribution < -0.4 is 10.6 Å². The Labute approximate surface area is 115 Å². The molecule has 1 aromatic rings.